The number of hydrogen-bond acceptors (Lipinski definition) is 2. The van der Waals surface area contributed by atoms with Gasteiger partial charge in [0.25, 0.3) is 0 Å². The molecular weight excluding hydrogens is 220 g/mol. The summed E-state index contributed by atoms with van der Waals surface area (Å²) < 4.78 is 0. The lowest BCUT2D eigenvalue weighted by molar-refractivity contribution is 0.0671. The van der Waals surface area contributed by atoms with Crippen LogP contribution in [0.3, 0.4) is 0 Å². The van der Waals surface area contributed by atoms with Gasteiger partial charge < -0.3 is 5.32 Å². The van der Waals surface area contributed by atoms with Crippen molar-refractivity contribution in [1.29, 1.82) is 0 Å². The van der Waals surface area contributed by atoms with E-state index in [9.17, 15) is 0 Å². The predicted molar refractivity (Wildman–Crippen MR) is 77.9 cm³/mol. The van der Waals surface area contributed by atoms with E-state index < -0.39 is 0 Å². The first-order valence-corrected chi connectivity index (χ1v) is 7.03. The summed E-state index contributed by atoms with van der Waals surface area (Å²) in [7, 11) is 0. The fourth-order valence-electron chi connectivity index (χ4n) is 2.83. The Hall–Kier alpha value is -0.860. The van der Waals surface area contributed by atoms with Gasteiger partial charge in [0.1, 0.15) is 0 Å². The number of hydrogen-bond donors (Lipinski definition) is 1. The largest absolute Gasteiger partial charge is 0.309 e. The molecule has 1 aliphatic heterocycles. The predicted octanol–water partition coefficient (Wildman–Crippen LogP) is 2.69. The van der Waals surface area contributed by atoms with Gasteiger partial charge in [0.05, 0.1) is 0 Å². The van der Waals surface area contributed by atoms with Crippen molar-refractivity contribution >= 4 is 0 Å². The van der Waals surface area contributed by atoms with Crippen molar-refractivity contribution in [2.24, 2.45) is 0 Å². The molecule has 1 atom stereocenters. The molecule has 1 saturated heterocycles. The quantitative estimate of drug-likeness (QED) is 0.882. The Labute approximate surface area is 111 Å². The number of nitrogens with zero attached hydrogens (tertiary/aromatic N) is 1. The van der Waals surface area contributed by atoms with Crippen LogP contribution in [-0.2, 0) is 6.42 Å². The molecule has 18 heavy (non-hydrogen) atoms. The number of piperazine rings is 1. The topological polar surface area (TPSA) is 15.3 Å². The molecule has 0 spiro atoms. The second-order valence-electron chi connectivity index (χ2n) is 6.37. The van der Waals surface area contributed by atoms with E-state index >= 15 is 0 Å². The summed E-state index contributed by atoms with van der Waals surface area (Å²) in [6.07, 6.45) is 1.14. The monoisotopic (exact) mass is 246 g/mol. The van der Waals surface area contributed by atoms with Crippen molar-refractivity contribution in [2.75, 3.05) is 13.1 Å². The van der Waals surface area contributed by atoms with Crippen molar-refractivity contribution in [3.8, 4) is 0 Å². The Morgan fingerprint density at radius 1 is 1.28 bits per heavy atom. The molecule has 1 aliphatic rings. The summed E-state index contributed by atoms with van der Waals surface area (Å²) in [5.41, 5.74) is 1.67. The molecular formula is C16H26N2. The molecule has 0 aliphatic carbocycles. The third-order valence-corrected chi connectivity index (χ3v) is 3.84. The zero-order valence-corrected chi connectivity index (χ0v) is 12.1. The van der Waals surface area contributed by atoms with Gasteiger partial charge in [-0.2, -0.15) is 0 Å². The second kappa shape index (κ2) is 5.41. The zero-order chi connectivity index (χ0) is 13.2. The summed E-state index contributed by atoms with van der Waals surface area (Å²) in [6, 6.07) is 12.0. The maximum absolute atomic E-state index is 3.67. The lowest BCUT2D eigenvalue weighted by Gasteiger charge is -2.46. The maximum atomic E-state index is 3.67. The fourth-order valence-corrected chi connectivity index (χ4v) is 2.83. The van der Waals surface area contributed by atoms with Crippen LogP contribution in [0.2, 0.25) is 0 Å². The smallest absolute Gasteiger partial charge is 0.0264 e. The van der Waals surface area contributed by atoms with E-state index in [-0.39, 0.29) is 5.54 Å². The van der Waals surface area contributed by atoms with Crippen molar-refractivity contribution in [3.05, 3.63) is 35.9 Å². The van der Waals surface area contributed by atoms with Crippen LogP contribution in [0.5, 0.6) is 0 Å². The minimum absolute atomic E-state index is 0.234. The molecule has 0 amide bonds. The van der Waals surface area contributed by atoms with Gasteiger partial charge in [-0.25, -0.2) is 0 Å². The van der Waals surface area contributed by atoms with Gasteiger partial charge >= 0.3 is 0 Å². The first-order valence-electron chi connectivity index (χ1n) is 7.03. The standard InChI is InChI=1S/C16H26N2/c1-13(2)18-12-16(3,4)17-11-15(18)10-14-8-6-5-7-9-14/h5-9,13,15,17H,10-12H2,1-4H3. The molecule has 0 saturated carbocycles. The molecule has 0 aromatic heterocycles. The fraction of sp³-hybridized carbons (Fsp3) is 0.625. The molecule has 2 nitrogen and oxygen atoms in total. The normalized spacial score (nSPS) is 24.4. The highest BCUT2D eigenvalue weighted by Gasteiger charge is 2.33. The molecule has 1 fully saturated rings. The summed E-state index contributed by atoms with van der Waals surface area (Å²) in [6.45, 7) is 11.4. The Balaban J connectivity index is 2.07. The first-order chi connectivity index (χ1) is 8.48. The van der Waals surface area contributed by atoms with Crippen LogP contribution >= 0.6 is 0 Å². The summed E-state index contributed by atoms with van der Waals surface area (Å²) >= 11 is 0. The van der Waals surface area contributed by atoms with Crippen LogP contribution in [0.15, 0.2) is 30.3 Å². The lowest BCUT2D eigenvalue weighted by atomic mass is 9.94. The Morgan fingerprint density at radius 3 is 2.56 bits per heavy atom. The van der Waals surface area contributed by atoms with Crippen LogP contribution in [-0.4, -0.2) is 35.6 Å². The lowest BCUT2D eigenvalue weighted by Crippen LogP contribution is -2.63. The summed E-state index contributed by atoms with van der Waals surface area (Å²) in [4.78, 5) is 2.64. The van der Waals surface area contributed by atoms with Gasteiger partial charge in [-0.1, -0.05) is 30.3 Å². The Morgan fingerprint density at radius 2 is 1.94 bits per heavy atom. The van der Waals surface area contributed by atoms with E-state index in [1.807, 2.05) is 0 Å². The third-order valence-electron chi connectivity index (χ3n) is 3.84. The number of rotatable bonds is 3. The van der Waals surface area contributed by atoms with Gasteiger partial charge in [0.2, 0.25) is 0 Å². The van der Waals surface area contributed by atoms with Crippen LogP contribution in [0, 0.1) is 0 Å². The average Bonchev–Trinajstić information content (AvgIpc) is 2.32. The highest BCUT2D eigenvalue weighted by Crippen LogP contribution is 2.20. The molecule has 0 radical (unpaired) electrons. The number of nitrogens with one attached hydrogen (secondary N) is 1. The molecule has 0 bridgehead atoms. The molecule has 2 rings (SSSR count). The van der Waals surface area contributed by atoms with Crippen LogP contribution in [0.25, 0.3) is 0 Å². The SMILES string of the molecule is CC(C)N1CC(C)(C)NCC1Cc1ccccc1. The molecule has 2 heteroatoms. The number of benzene rings is 1. The van der Waals surface area contributed by atoms with Gasteiger partial charge in [0, 0.05) is 30.7 Å². The highest BCUT2D eigenvalue weighted by molar-refractivity contribution is 5.16. The minimum Gasteiger partial charge on any atom is -0.309 e. The van der Waals surface area contributed by atoms with E-state index in [0.29, 0.717) is 12.1 Å². The molecule has 1 aromatic rings. The Bertz CT molecular complexity index is 370. The van der Waals surface area contributed by atoms with Gasteiger partial charge in [-0.05, 0) is 39.7 Å². The summed E-state index contributed by atoms with van der Waals surface area (Å²) in [5.74, 6) is 0. The Kier molecular flexibility index (Phi) is 4.08. The van der Waals surface area contributed by atoms with Gasteiger partial charge in [-0.3, -0.25) is 4.90 Å². The third kappa shape index (κ3) is 3.33. The maximum Gasteiger partial charge on any atom is 0.0264 e. The van der Waals surface area contributed by atoms with Gasteiger partial charge in [0.15, 0.2) is 0 Å². The summed E-state index contributed by atoms with van der Waals surface area (Å²) in [5, 5.41) is 3.67. The van der Waals surface area contributed by atoms with Crippen LogP contribution < -0.4 is 5.32 Å². The minimum atomic E-state index is 0.234. The van der Waals surface area contributed by atoms with Crippen molar-refractivity contribution in [2.45, 2.75) is 51.7 Å². The van der Waals surface area contributed by atoms with E-state index in [0.717, 1.165) is 19.5 Å². The van der Waals surface area contributed by atoms with Crippen molar-refractivity contribution in [3.63, 3.8) is 0 Å². The molecule has 1 N–H and O–H groups in total. The van der Waals surface area contributed by atoms with E-state index in [4.69, 9.17) is 0 Å². The van der Waals surface area contributed by atoms with E-state index in [1.54, 1.807) is 0 Å². The molecule has 1 aromatic carbocycles. The second-order valence-corrected chi connectivity index (χ2v) is 6.37. The van der Waals surface area contributed by atoms with Crippen LogP contribution in [0.1, 0.15) is 33.3 Å². The molecule has 100 valence electrons. The average molecular weight is 246 g/mol. The molecule has 1 unspecified atom stereocenters. The van der Waals surface area contributed by atoms with Crippen molar-refractivity contribution < 1.29 is 0 Å². The first kappa shape index (κ1) is 13.6. The van der Waals surface area contributed by atoms with E-state index in [1.165, 1.54) is 5.56 Å². The molecule has 1 heterocycles. The van der Waals surface area contributed by atoms with Gasteiger partial charge in [-0.15, -0.1) is 0 Å². The van der Waals surface area contributed by atoms with Crippen LogP contribution in [0.4, 0.5) is 0 Å². The highest BCUT2D eigenvalue weighted by atomic mass is 15.3. The van der Waals surface area contributed by atoms with Crippen molar-refractivity contribution in [1.82, 2.24) is 10.2 Å². The van der Waals surface area contributed by atoms with E-state index in [2.05, 4.69) is 68.2 Å². The zero-order valence-electron chi connectivity index (χ0n) is 12.1.